The monoisotopic (exact) mass is 280 g/mol. The standard InChI is InChI=1S/C13H20N4O3/c1-3-7-16(8-4-2)11-6-5-10(13(14)15-18)9-12(11)17(19)20/h5-6,9,18H,3-4,7-8H2,1-2H3,(H2,14,15). The van der Waals surface area contributed by atoms with Crippen molar-refractivity contribution in [1.82, 2.24) is 0 Å². The fraction of sp³-hybridized carbons (Fsp3) is 0.462. The number of hydrogen-bond donors (Lipinski definition) is 2. The van der Waals surface area contributed by atoms with E-state index in [4.69, 9.17) is 10.9 Å². The molecule has 0 saturated carbocycles. The number of hydrogen-bond acceptors (Lipinski definition) is 5. The maximum Gasteiger partial charge on any atom is 0.293 e. The number of nitro benzene ring substituents is 1. The number of amidine groups is 1. The quantitative estimate of drug-likeness (QED) is 0.262. The molecular weight excluding hydrogens is 260 g/mol. The van der Waals surface area contributed by atoms with Crippen LogP contribution in [0.4, 0.5) is 11.4 Å². The maximum atomic E-state index is 11.2. The van der Waals surface area contributed by atoms with E-state index >= 15 is 0 Å². The van der Waals surface area contributed by atoms with Crippen LogP contribution in [0.1, 0.15) is 32.3 Å². The molecular formula is C13H20N4O3. The summed E-state index contributed by atoms with van der Waals surface area (Å²) in [5.74, 6) is -0.141. The molecule has 0 saturated heterocycles. The van der Waals surface area contributed by atoms with Crippen LogP contribution < -0.4 is 10.6 Å². The Morgan fingerprint density at radius 1 is 1.40 bits per heavy atom. The summed E-state index contributed by atoms with van der Waals surface area (Å²) < 4.78 is 0. The van der Waals surface area contributed by atoms with Gasteiger partial charge in [-0.2, -0.15) is 0 Å². The maximum absolute atomic E-state index is 11.2. The molecule has 20 heavy (non-hydrogen) atoms. The Morgan fingerprint density at radius 2 is 2.00 bits per heavy atom. The van der Waals surface area contributed by atoms with Crippen molar-refractivity contribution in [2.75, 3.05) is 18.0 Å². The van der Waals surface area contributed by atoms with Crippen molar-refractivity contribution >= 4 is 17.2 Å². The molecule has 0 aliphatic rings. The van der Waals surface area contributed by atoms with E-state index in [0.717, 1.165) is 25.9 Å². The highest BCUT2D eigenvalue weighted by Gasteiger charge is 2.20. The summed E-state index contributed by atoms with van der Waals surface area (Å²) in [6.45, 7) is 5.55. The normalized spacial score (nSPS) is 11.4. The van der Waals surface area contributed by atoms with Crippen LogP contribution in [0.3, 0.4) is 0 Å². The lowest BCUT2D eigenvalue weighted by molar-refractivity contribution is -0.384. The van der Waals surface area contributed by atoms with Crippen molar-refractivity contribution in [1.29, 1.82) is 0 Å². The molecule has 0 bridgehead atoms. The first kappa shape index (κ1) is 15.7. The summed E-state index contributed by atoms with van der Waals surface area (Å²) >= 11 is 0. The highest BCUT2D eigenvalue weighted by atomic mass is 16.6. The van der Waals surface area contributed by atoms with Gasteiger partial charge in [-0.05, 0) is 25.0 Å². The van der Waals surface area contributed by atoms with Gasteiger partial charge in [0.15, 0.2) is 5.84 Å². The average molecular weight is 280 g/mol. The minimum Gasteiger partial charge on any atom is -0.409 e. The molecule has 0 spiro atoms. The second-order valence-corrected chi connectivity index (χ2v) is 4.43. The van der Waals surface area contributed by atoms with E-state index in [-0.39, 0.29) is 11.5 Å². The molecule has 0 heterocycles. The van der Waals surface area contributed by atoms with Crippen molar-refractivity contribution in [3.63, 3.8) is 0 Å². The molecule has 3 N–H and O–H groups in total. The molecule has 0 aromatic heterocycles. The van der Waals surface area contributed by atoms with Crippen molar-refractivity contribution in [3.05, 3.63) is 33.9 Å². The Hall–Kier alpha value is -2.31. The van der Waals surface area contributed by atoms with Gasteiger partial charge in [0.1, 0.15) is 5.69 Å². The van der Waals surface area contributed by atoms with Crippen molar-refractivity contribution < 1.29 is 10.1 Å². The minimum atomic E-state index is -0.443. The smallest absolute Gasteiger partial charge is 0.293 e. The fourth-order valence-corrected chi connectivity index (χ4v) is 2.05. The number of anilines is 1. The number of nitro groups is 1. The SMILES string of the molecule is CCCN(CCC)c1ccc(C(N)=NO)cc1[N+](=O)[O-]. The minimum absolute atomic E-state index is 0.0315. The highest BCUT2D eigenvalue weighted by molar-refractivity contribution is 5.98. The third-order valence-corrected chi connectivity index (χ3v) is 2.90. The molecule has 0 fully saturated rings. The molecule has 0 amide bonds. The largest absolute Gasteiger partial charge is 0.409 e. The molecule has 1 aromatic carbocycles. The topological polar surface area (TPSA) is 105 Å². The first-order valence-corrected chi connectivity index (χ1v) is 6.56. The van der Waals surface area contributed by atoms with Crippen LogP contribution in [-0.4, -0.2) is 29.1 Å². The molecule has 7 nitrogen and oxygen atoms in total. The van der Waals surface area contributed by atoms with E-state index in [9.17, 15) is 10.1 Å². The van der Waals surface area contributed by atoms with Crippen LogP contribution in [0.25, 0.3) is 0 Å². The van der Waals surface area contributed by atoms with Crippen LogP contribution in [0.2, 0.25) is 0 Å². The first-order valence-electron chi connectivity index (χ1n) is 6.56. The number of rotatable bonds is 7. The summed E-state index contributed by atoms with van der Waals surface area (Å²) in [6, 6.07) is 4.61. The lowest BCUT2D eigenvalue weighted by atomic mass is 10.1. The third-order valence-electron chi connectivity index (χ3n) is 2.90. The summed E-state index contributed by atoms with van der Waals surface area (Å²) in [4.78, 5) is 12.8. The number of nitrogens with zero attached hydrogens (tertiary/aromatic N) is 3. The van der Waals surface area contributed by atoms with E-state index in [1.165, 1.54) is 6.07 Å². The third kappa shape index (κ3) is 3.59. The summed E-state index contributed by atoms with van der Waals surface area (Å²) in [6.07, 6.45) is 1.80. The van der Waals surface area contributed by atoms with Crippen LogP contribution in [0.15, 0.2) is 23.4 Å². The van der Waals surface area contributed by atoms with E-state index in [2.05, 4.69) is 5.16 Å². The first-order chi connectivity index (χ1) is 9.54. The average Bonchev–Trinajstić information content (AvgIpc) is 2.45. The van der Waals surface area contributed by atoms with Gasteiger partial charge < -0.3 is 15.8 Å². The molecule has 0 unspecified atom stereocenters. The predicted octanol–water partition coefficient (Wildman–Crippen LogP) is 2.32. The van der Waals surface area contributed by atoms with Gasteiger partial charge in [-0.1, -0.05) is 19.0 Å². The van der Waals surface area contributed by atoms with E-state index < -0.39 is 4.92 Å². The molecule has 0 radical (unpaired) electrons. The number of oxime groups is 1. The van der Waals surface area contributed by atoms with Crippen molar-refractivity contribution in [2.45, 2.75) is 26.7 Å². The Kier molecular flexibility index (Phi) is 5.76. The fourth-order valence-electron chi connectivity index (χ4n) is 2.05. The zero-order valence-electron chi connectivity index (χ0n) is 11.7. The van der Waals surface area contributed by atoms with Gasteiger partial charge in [0.05, 0.1) is 4.92 Å². The Bertz CT molecular complexity index is 496. The predicted molar refractivity (Wildman–Crippen MR) is 78.4 cm³/mol. The summed E-state index contributed by atoms with van der Waals surface area (Å²) in [5, 5.41) is 22.7. The molecule has 0 aliphatic heterocycles. The van der Waals surface area contributed by atoms with E-state index in [1.54, 1.807) is 12.1 Å². The van der Waals surface area contributed by atoms with Crippen LogP contribution in [0.5, 0.6) is 0 Å². The highest BCUT2D eigenvalue weighted by Crippen LogP contribution is 2.29. The van der Waals surface area contributed by atoms with Crippen LogP contribution in [-0.2, 0) is 0 Å². The van der Waals surface area contributed by atoms with Gasteiger partial charge >= 0.3 is 0 Å². The van der Waals surface area contributed by atoms with Crippen LogP contribution >= 0.6 is 0 Å². The lowest BCUT2D eigenvalue weighted by Gasteiger charge is -2.23. The van der Waals surface area contributed by atoms with Gasteiger partial charge in [0.2, 0.25) is 0 Å². The molecule has 110 valence electrons. The summed E-state index contributed by atoms with van der Waals surface area (Å²) in [7, 11) is 0. The second kappa shape index (κ2) is 7.32. The van der Waals surface area contributed by atoms with Crippen LogP contribution in [0, 0.1) is 10.1 Å². The number of benzene rings is 1. The van der Waals surface area contributed by atoms with Gasteiger partial charge in [0.25, 0.3) is 5.69 Å². The molecule has 7 heteroatoms. The van der Waals surface area contributed by atoms with Gasteiger partial charge in [0, 0.05) is 24.7 Å². The van der Waals surface area contributed by atoms with E-state index in [1.807, 2.05) is 18.7 Å². The molecule has 0 atom stereocenters. The number of nitrogens with two attached hydrogens (primary N) is 1. The Balaban J connectivity index is 3.27. The van der Waals surface area contributed by atoms with Gasteiger partial charge in [-0.25, -0.2) is 0 Å². The van der Waals surface area contributed by atoms with Gasteiger partial charge in [-0.3, -0.25) is 10.1 Å². The van der Waals surface area contributed by atoms with Crippen molar-refractivity contribution in [2.24, 2.45) is 10.9 Å². The Morgan fingerprint density at radius 3 is 2.45 bits per heavy atom. The molecule has 1 aromatic rings. The van der Waals surface area contributed by atoms with E-state index in [0.29, 0.717) is 11.3 Å². The second-order valence-electron chi connectivity index (χ2n) is 4.43. The Labute approximate surface area is 117 Å². The molecule has 0 aliphatic carbocycles. The zero-order valence-corrected chi connectivity index (χ0v) is 11.7. The van der Waals surface area contributed by atoms with Gasteiger partial charge in [-0.15, -0.1) is 0 Å². The van der Waals surface area contributed by atoms with Crippen molar-refractivity contribution in [3.8, 4) is 0 Å². The lowest BCUT2D eigenvalue weighted by Crippen LogP contribution is -2.26. The molecule has 1 rings (SSSR count). The zero-order chi connectivity index (χ0) is 15.1. The summed E-state index contributed by atoms with van der Waals surface area (Å²) in [5.41, 5.74) is 6.33.